The molecular weight excluding hydrogens is 757 g/mol. The van der Waals surface area contributed by atoms with Crippen LogP contribution < -0.4 is 0 Å². The number of allylic oxidation sites excluding steroid dienone is 4. The zero-order valence-corrected chi connectivity index (χ0v) is 33.7. The molecule has 3 aromatic heterocycles. The lowest BCUT2D eigenvalue weighted by molar-refractivity contribution is 0.669. The first kappa shape index (κ1) is 35.8. The van der Waals surface area contributed by atoms with Crippen LogP contribution in [0.25, 0.3) is 106 Å². The molecule has 3 heterocycles. The molecular formula is C57H38N4O. The fourth-order valence-corrected chi connectivity index (χ4v) is 9.21. The van der Waals surface area contributed by atoms with Gasteiger partial charge in [-0.25, -0.2) is 15.0 Å². The van der Waals surface area contributed by atoms with Crippen molar-refractivity contribution in [2.75, 3.05) is 0 Å². The van der Waals surface area contributed by atoms with Crippen molar-refractivity contribution in [1.29, 1.82) is 0 Å². The molecule has 5 heteroatoms. The van der Waals surface area contributed by atoms with E-state index < -0.39 is 0 Å². The molecule has 0 N–H and O–H groups in total. The van der Waals surface area contributed by atoms with E-state index in [1.165, 1.54) is 16.3 Å². The van der Waals surface area contributed by atoms with Gasteiger partial charge in [-0.05, 0) is 65.1 Å². The van der Waals surface area contributed by atoms with Crippen LogP contribution in [0.1, 0.15) is 18.2 Å². The Balaban J connectivity index is 1.16. The van der Waals surface area contributed by atoms with E-state index in [1.54, 1.807) is 0 Å². The Morgan fingerprint density at radius 2 is 1.03 bits per heavy atom. The predicted molar refractivity (Wildman–Crippen MR) is 254 cm³/mol. The van der Waals surface area contributed by atoms with Crippen LogP contribution in [-0.2, 0) is 0 Å². The van der Waals surface area contributed by atoms with Gasteiger partial charge in [-0.3, -0.25) is 0 Å². The lowest BCUT2D eigenvalue weighted by Gasteiger charge is -2.21. The number of nitrogens with zero attached hydrogens (tertiary/aromatic N) is 4. The first-order valence-corrected chi connectivity index (χ1v) is 21.1. The van der Waals surface area contributed by atoms with E-state index in [9.17, 15) is 0 Å². The smallest absolute Gasteiger partial charge is 0.163 e. The molecule has 8 aromatic carbocycles. The van der Waals surface area contributed by atoms with Crippen molar-refractivity contribution in [3.05, 3.63) is 218 Å². The van der Waals surface area contributed by atoms with Crippen molar-refractivity contribution in [3.8, 4) is 61.8 Å². The van der Waals surface area contributed by atoms with Gasteiger partial charge in [0.05, 0.1) is 22.1 Å². The van der Waals surface area contributed by atoms with Gasteiger partial charge in [-0.15, -0.1) is 0 Å². The molecule has 0 aliphatic heterocycles. The number of aromatic nitrogens is 4. The average molecular weight is 795 g/mol. The number of rotatable bonds is 7. The Hall–Kier alpha value is -8.15. The number of fused-ring (bicyclic) bond motifs is 7. The minimum absolute atomic E-state index is 0.0235. The van der Waals surface area contributed by atoms with Crippen molar-refractivity contribution >= 4 is 43.7 Å². The number of para-hydroxylation sites is 2. The number of furan rings is 1. The molecule has 1 atom stereocenters. The third kappa shape index (κ3) is 6.05. The van der Waals surface area contributed by atoms with Gasteiger partial charge < -0.3 is 8.98 Å². The minimum atomic E-state index is 0.0235. The number of hydrogen-bond donors (Lipinski definition) is 0. The zero-order chi connectivity index (χ0) is 41.0. The highest BCUT2D eigenvalue weighted by molar-refractivity contribution is 6.25. The fourth-order valence-electron chi connectivity index (χ4n) is 9.21. The molecule has 0 saturated carbocycles. The Labute approximate surface area is 358 Å². The Morgan fingerprint density at radius 1 is 0.452 bits per heavy atom. The number of hydrogen-bond acceptors (Lipinski definition) is 4. The quantitative estimate of drug-likeness (QED) is 0.161. The molecule has 0 spiro atoms. The van der Waals surface area contributed by atoms with Crippen LogP contribution in [0.4, 0.5) is 0 Å². The summed E-state index contributed by atoms with van der Waals surface area (Å²) in [5.41, 5.74) is 13.5. The molecule has 0 fully saturated rings. The topological polar surface area (TPSA) is 56.7 Å². The van der Waals surface area contributed by atoms with Gasteiger partial charge in [0.2, 0.25) is 0 Å². The lowest BCUT2D eigenvalue weighted by atomic mass is 9.92. The normalized spacial score (nSPS) is 13.8. The minimum Gasteiger partial charge on any atom is -0.456 e. The molecule has 0 amide bonds. The highest BCUT2D eigenvalue weighted by Gasteiger charge is 2.26. The maximum atomic E-state index is 6.55. The second-order valence-corrected chi connectivity index (χ2v) is 15.9. The summed E-state index contributed by atoms with van der Waals surface area (Å²) in [6.45, 7) is 0. The molecule has 1 unspecified atom stereocenters. The van der Waals surface area contributed by atoms with Crippen LogP contribution >= 0.6 is 0 Å². The summed E-state index contributed by atoms with van der Waals surface area (Å²) in [5, 5.41) is 4.53. The Kier molecular flexibility index (Phi) is 8.56. The Bertz CT molecular complexity index is 3470. The van der Waals surface area contributed by atoms with E-state index in [-0.39, 0.29) is 5.92 Å². The first-order chi connectivity index (χ1) is 30.7. The summed E-state index contributed by atoms with van der Waals surface area (Å²) in [6, 6.07) is 66.4. The summed E-state index contributed by atoms with van der Waals surface area (Å²) >= 11 is 0. The number of benzene rings is 8. The van der Waals surface area contributed by atoms with Crippen LogP contribution in [0.2, 0.25) is 0 Å². The van der Waals surface area contributed by atoms with Crippen molar-refractivity contribution in [3.63, 3.8) is 0 Å². The maximum absolute atomic E-state index is 6.55. The molecule has 1 aliphatic rings. The van der Waals surface area contributed by atoms with Crippen molar-refractivity contribution in [1.82, 2.24) is 19.5 Å². The molecule has 5 nitrogen and oxygen atoms in total. The maximum Gasteiger partial charge on any atom is 0.163 e. The third-order valence-corrected chi connectivity index (χ3v) is 12.2. The van der Waals surface area contributed by atoms with E-state index in [1.807, 2.05) is 12.1 Å². The van der Waals surface area contributed by atoms with Crippen LogP contribution in [0, 0.1) is 0 Å². The lowest BCUT2D eigenvalue weighted by Crippen LogP contribution is -2.08. The molecule has 11 aromatic rings. The standard InChI is InChI=1S/C57H38N4O/c1-5-17-37(18-6-1)38-29-31-42(32-30-38)56-58-55(41-23-11-4-12-24-41)59-57(60-56)43-35-47(39-19-7-2-8-20-39)53(48(36-43)40-21-9-3-10-22-40)61-49-27-15-13-25-44(49)45-33-34-51-52(54(45)61)46-26-14-16-28-50(46)62-51/h1-23,25-36,41H,24H2. The first-order valence-electron chi connectivity index (χ1n) is 21.1. The summed E-state index contributed by atoms with van der Waals surface area (Å²) in [4.78, 5) is 15.8. The van der Waals surface area contributed by atoms with Gasteiger partial charge in [0.1, 0.15) is 17.0 Å². The van der Waals surface area contributed by atoms with Gasteiger partial charge in [0.25, 0.3) is 0 Å². The monoisotopic (exact) mass is 794 g/mol. The summed E-state index contributed by atoms with van der Waals surface area (Å²) < 4.78 is 9.02. The van der Waals surface area contributed by atoms with Gasteiger partial charge in [-0.2, -0.15) is 0 Å². The summed E-state index contributed by atoms with van der Waals surface area (Å²) in [5.74, 6) is 2.05. The van der Waals surface area contributed by atoms with Gasteiger partial charge in [-0.1, -0.05) is 176 Å². The third-order valence-electron chi connectivity index (χ3n) is 12.2. The molecule has 12 rings (SSSR count). The summed E-state index contributed by atoms with van der Waals surface area (Å²) in [6.07, 6.45) is 9.38. The second kappa shape index (κ2) is 14.8. The molecule has 1 aliphatic carbocycles. The second-order valence-electron chi connectivity index (χ2n) is 15.9. The van der Waals surface area contributed by atoms with E-state index in [4.69, 9.17) is 19.4 Å². The van der Waals surface area contributed by atoms with Crippen molar-refractivity contribution in [2.45, 2.75) is 12.3 Å². The van der Waals surface area contributed by atoms with Gasteiger partial charge >= 0.3 is 0 Å². The van der Waals surface area contributed by atoms with Gasteiger partial charge in [0, 0.05) is 44.3 Å². The fraction of sp³-hybridized carbons (Fsp3) is 0.0351. The van der Waals surface area contributed by atoms with Crippen LogP contribution in [0.3, 0.4) is 0 Å². The summed E-state index contributed by atoms with van der Waals surface area (Å²) in [7, 11) is 0. The molecule has 0 radical (unpaired) electrons. The highest BCUT2D eigenvalue weighted by Crippen LogP contribution is 2.46. The van der Waals surface area contributed by atoms with E-state index in [2.05, 4.69) is 205 Å². The van der Waals surface area contributed by atoms with Crippen molar-refractivity contribution < 1.29 is 4.42 Å². The van der Waals surface area contributed by atoms with E-state index >= 15 is 0 Å². The van der Waals surface area contributed by atoms with Crippen LogP contribution in [-0.4, -0.2) is 19.5 Å². The molecule has 0 bridgehead atoms. The van der Waals surface area contributed by atoms with Crippen molar-refractivity contribution in [2.24, 2.45) is 0 Å². The van der Waals surface area contributed by atoms with E-state index in [0.717, 1.165) is 89.8 Å². The van der Waals surface area contributed by atoms with Crippen LogP contribution in [0.5, 0.6) is 0 Å². The highest BCUT2D eigenvalue weighted by atomic mass is 16.3. The van der Waals surface area contributed by atoms with Gasteiger partial charge in [0.15, 0.2) is 11.6 Å². The predicted octanol–water partition coefficient (Wildman–Crippen LogP) is 14.8. The molecule has 0 saturated heterocycles. The van der Waals surface area contributed by atoms with E-state index in [0.29, 0.717) is 11.6 Å². The Morgan fingerprint density at radius 3 is 1.71 bits per heavy atom. The SMILES string of the molecule is C1=CCC(c2nc(-c3ccc(-c4ccccc4)cc3)nc(-c3cc(-c4ccccc4)c(-n4c5ccccc5c5ccc6oc7ccccc7c6c54)c(-c4ccccc4)c3)n2)C=C1. The molecule has 62 heavy (non-hydrogen) atoms. The largest absolute Gasteiger partial charge is 0.456 e. The zero-order valence-electron chi connectivity index (χ0n) is 33.7. The molecule has 292 valence electrons. The average Bonchev–Trinajstić information content (AvgIpc) is 3.90. The van der Waals surface area contributed by atoms with Crippen LogP contribution in [0.15, 0.2) is 217 Å².